The molecule has 4 aliphatic carbocycles. The first-order valence-corrected chi connectivity index (χ1v) is 8.13. The third kappa shape index (κ3) is 2.21. The lowest BCUT2D eigenvalue weighted by atomic mass is 9.43. The normalized spacial score (nSPS) is 45.7. The van der Waals surface area contributed by atoms with Gasteiger partial charge in [0.15, 0.2) is 0 Å². The van der Waals surface area contributed by atoms with E-state index in [2.05, 4.69) is 13.8 Å². The van der Waals surface area contributed by atoms with Crippen LogP contribution >= 0.6 is 0 Å². The summed E-state index contributed by atoms with van der Waals surface area (Å²) in [5.74, 6) is 2.86. The summed E-state index contributed by atoms with van der Waals surface area (Å²) in [6.45, 7) is 6.64. The fraction of sp³-hybridized carbons (Fsp3) is 0.941. The van der Waals surface area contributed by atoms with Crippen LogP contribution < -0.4 is 0 Å². The lowest BCUT2D eigenvalue weighted by molar-refractivity contribution is -0.157. The largest absolute Gasteiger partial charge is 0.481 e. The van der Waals surface area contributed by atoms with E-state index in [9.17, 15) is 9.90 Å². The van der Waals surface area contributed by atoms with Crippen LogP contribution in [0.15, 0.2) is 0 Å². The maximum atomic E-state index is 11.4. The highest BCUT2D eigenvalue weighted by Crippen LogP contribution is 2.65. The molecule has 0 aromatic heterocycles. The Kier molecular flexibility index (Phi) is 3.18. The topological polar surface area (TPSA) is 37.3 Å². The van der Waals surface area contributed by atoms with Crippen LogP contribution in [-0.4, -0.2) is 11.1 Å². The molecule has 3 unspecified atom stereocenters. The zero-order chi connectivity index (χ0) is 13.8. The second-order valence-corrected chi connectivity index (χ2v) is 8.27. The smallest absolute Gasteiger partial charge is 0.306 e. The minimum absolute atomic E-state index is 0.133. The van der Waals surface area contributed by atoms with Crippen molar-refractivity contribution in [2.24, 2.45) is 40.9 Å². The third-order valence-corrected chi connectivity index (χ3v) is 6.28. The van der Waals surface area contributed by atoms with Gasteiger partial charge in [0, 0.05) is 0 Å². The molecule has 0 spiro atoms. The summed E-state index contributed by atoms with van der Waals surface area (Å²) in [7, 11) is 0. The van der Waals surface area contributed by atoms with Crippen molar-refractivity contribution in [2.75, 3.05) is 0 Å². The van der Waals surface area contributed by atoms with Gasteiger partial charge < -0.3 is 5.11 Å². The van der Waals surface area contributed by atoms with Crippen molar-refractivity contribution in [1.82, 2.24) is 0 Å². The molecule has 0 aromatic rings. The van der Waals surface area contributed by atoms with Crippen LogP contribution in [0.25, 0.3) is 0 Å². The molecule has 4 fully saturated rings. The highest BCUT2D eigenvalue weighted by molar-refractivity contribution is 5.70. The second-order valence-electron chi connectivity index (χ2n) is 8.27. The lowest BCUT2D eigenvalue weighted by Gasteiger charge is -2.61. The van der Waals surface area contributed by atoms with Crippen molar-refractivity contribution < 1.29 is 9.90 Å². The molecule has 0 amide bonds. The molecule has 4 rings (SSSR count). The van der Waals surface area contributed by atoms with E-state index in [-0.39, 0.29) is 5.92 Å². The average molecular weight is 264 g/mol. The number of aliphatic carboxylic acids is 1. The summed E-state index contributed by atoms with van der Waals surface area (Å²) >= 11 is 0. The molecule has 0 heterocycles. The Morgan fingerprint density at radius 1 is 1.16 bits per heavy atom. The van der Waals surface area contributed by atoms with Crippen LogP contribution in [0, 0.1) is 40.9 Å². The fourth-order valence-electron chi connectivity index (χ4n) is 6.33. The van der Waals surface area contributed by atoms with Gasteiger partial charge in [0.2, 0.25) is 0 Å². The van der Waals surface area contributed by atoms with Gasteiger partial charge in [-0.15, -0.1) is 0 Å². The molecule has 3 atom stereocenters. The predicted octanol–water partition coefficient (Wildman–Crippen LogP) is 4.20. The summed E-state index contributed by atoms with van der Waals surface area (Å²) in [6, 6.07) is 0. The van der Waals surface area contributed by atoms with Gasteiger partial charge in [0.25, 0.3) is 0 Å². The van der Waals surface area contributed by atoms with Crippen LogP contribution in [0.3, 0.4) is 0 Å². The molecule has 2 heteroatoms. The molecule has 0 aromatic carbocycles. The highest BCUT2D eigenvalue weighted by atomic mass is 16.4. The van der Waals surface area contributed by atoms with Gasteiger partial charge in [0.05, 0.1) is 5.92 Å². The molecule has 0 saturated heterocycles. The van der Waals surface area contributed by atoms with Gasteiger partial charge in [-0.1, -0.05) is 20.8 Å². The molecule has 19 heavy (non-hydrogen) atoms. The minimum Gasteiger partial charge on any atom is -0.481 e. The number of hydrogen-bond donors (Lipinski definition) is 1. The minimum atomic E-state index is -0.574. The van der Waals surface area contributed by atoms with Gasteiger partial charge in [-0.05, 0) is 73.5 Å². The molecule has 2 nitrogen and oxygen atoms in total. The van der Waals surface area contributed by atoms with Gasteiger partial charge in [-0.3, -0.25) is 4.79 Å². The summed E-state index contributed by atoms with van der Waals surface area (Å²) in [6.07, 6.45) is 8.08. The fourth-order valence-corrected chi connectivity index (χ4v) is 6.33. The Morgan fingerprint density at radius 2 is 1.74 bits per heavy atom. The first-order chi connectivity index (χ1) is 8.90. The zero-order valence-corrected chi connectivity index (χ0v) is 12.6. The van der Waals surface area contributed by atoms with Crippen molar-refractivity contribution in [3.05, 3.63) is 0 Å². The summed E-state index contributed by atoms with van der Waals surface area (Å²) in [5, 5.41) is 9.38. The number of carbonyl (C=O) groups is 1. The van der Waals surface area contributed by atoms with E-state index in [0.29, 0.717) is 23.2 Å². The highest BCUT2D eigenvalue weighted by Gasteiger charge is 2.56. The van der Waals surface area contributed by atoms with Crippen LogP contribution in [0.4, 0.5) is 0 Å². The molecule has 0 aliphatic heterocycles. The summed E-state index contributed by atoms with van der Waals surface area (Å²) < 4.78 is 0. The van der Waals surface area contributed by atoms with Crippen LogP contribution in [-0.2, 0) is 4.79 Å². The number of hydrogen-bond acceptors (Lipinski definition) is 1. The molecular weight excluding hydrogens is 236 g/mol. The van der Waals surface area contributed by atoms with E-state index in [1.54, 1.807) is 0 Å². The van der Waals surface area contributed by atoms with Crippen molar-refractivity contribution in [3.63, 3.8) is 0 Å². The quantitative estimate of drug-likeness (QED) is 0.826. The molecule has 4 aliphatic rings. The SMILES string of the molecule is CC(C)CC12CC3CC(C1)C(C(C)C(=O)O)C(C3)C2. The van der Waals surface area contributed by atoms with Gasteiger partial charge in [-0.2, -0.15) is 0 Å². The van der Waals surface area contributed by atoms with E-state index >= 15 is 0 Å². The van der Waals surface area contributed by atoms with Crippen molar-refractivity contribution in [3.8, 4) is 0 Å². The molecule has 0 radical (unpaired) electrons. The van der Waals surface area contributed by atoms with Crippen molar-refractivity contribution in [2.45, 2.75) is 59.3 Å². The molecule has 4 saturated carbocycles. The first-order valence-electron chi connectivity index (χ1n) is 8.13. The monoisotopic (exact) mass is 264 g/mol. The van der Waals surface area contributed by atoms with Crippen molar-refractivity contribution in [1.29, 1.82) is 0 Å². The third-order valence-electron chi connectivity index (χ3n) is 6.28. The maximum absolute atomic E-state index is 11.4. The predicted molar refractivity (Wildman–Crippen MR) is 75.7 cm³/mol. The van der Waals surface area contributed by atoms with Gasteiger partial charge in [0.1, 0.15) is 0 Å². The van der Waals surface area contributed by atoms with Gasteiger partial charge in [-0.25, -0.2) is 0 Å². The van der Waals surface area contributed by atoms with E-state index in [1.165, 1.54) is 38.5 Å². The van der Waals surface area contributed by atoms with Crippen LogP contribution in [0.5, 0.6) is 0 Å². The average Bonchev–Trinajstić information content (AvgIpc) is 2.24. The zero-order valence-electron chi connectivity index (χ0n) is 12.6. The van der Waals surface area contributed by atoms with E-state index in [4.69, 9.17) is 0 Å². The molecule has 108 valence electrons. The van der Waals surface area contributed by atoms with Crippen molar-refractivity contribution >= 4 is 5.97 Å². The number of carboxylic acids is 1. The van der Waals surface area contributed by atoms with E-state index in [0.717, 1.165) is 11.8 Å². The maximum Gasteiger partial charge on any atom is 0.306 e. The Bertz CT molecular complexity index is 353. The Labute approximate surface area is 117 Å². The Hall–Kier alpha value is -0.530. The molecule has 4 bridgehead atoms. The number of carboxylic acid groups (broad SMARTS) is 1. The first kappa shape index (κ1) is 13.5. The second kappa shape index (κ2) is 4.49. The van der Waals surface area contributed by atoms with E-state index in [1.807, 2.05) is 6.92 Å². The summed E-state index contributed by atoms with van der Waals surface area (Å²) in [4.78, 5) is 11.4. The Balaban J connectivity index is 1.81. The van der Waals surface area contributed by atoms with Gasteiger partial charge >= 0.3 is 5.97 Å². The molecule has 1 N–H and O–H groups in total. The summed E-state index contributed by atoms with van der Waals surface area (Å²) in [5.41, 5.74) is 0.583. The van der Waals surface area contributed by atoms with E-state index < -0.39 is 5.97 Å². The Morgan fingerprint density at radius 3 is 2.21 bits per heavy atom. The van der Waals surface area contributed by atoms with Crippen LogP contribution in [0.2, 0.25) is 0 Å². The standard InChI is InChI=1S/C17H28O2/c1-10(2)6-17-7-12-4-13(8-17)15(11(3)16(18)19)14(5-12)9-17/h10-15H,4-9H2,1-3H3,(H,18,19). The number of rotatable bonds is 4. The molecular formula is C17H28O2. The van der Waals surface area contributed by atoms with Crippen LogP contribution in [0.1, 0.15) is 59.3 Å². The lowest BCUT2D eigenvalue weighted by Crippen LogP contribution is -2.53.